The Morgan fingerprint density at radius 2 is 2.17 bits per heavy atom. The summed E-state index contributed by atoms with van der Waals surface area (Å²) in [6, 6.07) is 1.98. The van der Waals surface area contributed by atoms with Gasteiger partial charge in [0.1, 0.15) is 0 Å². The predicted molar refractivity (Wildman–Crippen MR) is 103 cm³/mol. The van der Waals surface area contributed by atoms with E-state index >= 15 is 0 Å². The monoisotopic (exact) mass is 368 g/mol. The largest absolute Gasteiger partial charge is 0.357 e. The first-order chi connectivity index (χ1) is 11.4. The average Bonchev–Trinajstić information content (AvgIpc) is 3.10. The number of nitrogens with one attached hydrogen (secondary N) is 1. The van der Waals surface area contributed by atoms with Gasteiger partial charge in [0, 0.05) is 52.0 Å². The molecule has 132 valence electrons. The number of thiazole rings is 1. The fourth-order valence-corrected chi connectivity index (χ4v) is 3.26. The van der Waals surface area contributed by atoms with Crippen LogP contribution < -0.4 is 10.2 Å². The molecule has 1 N–H and O–H groups in total. The maximum Gasteiger partial charge on any atom is 0.194 e. The van der Waals surface area contributed by atoms with Crippen molar-refractivity contribution < 1.29 is 0 Å². The van der Waals surface area contributed by atoms with Gasteiger partial charge < -0.3 is 19.7 Å². The molecular formula is C16H25ClN6S. The fourth-order valence-electron chi connectivity index (χ4n) is 2.24. The molecule has 24 heavy (non-hydrogen) atoms. The van der Waals surface area contributed by atoms with Gasteiger partial charge in [-0.3, -0.25) is 0 Å². The Morgan fingerprint density at radius 3 is 2.71 bits per heavy atom. The summed E-state index contributed by atoms with van der Waals surface area (Å²) in [5.74, 6) is 0.856. The van der Waals surface area contributed by atoms with Crippen LogP contribution in [0.25, 0.3) is 0 Å². The fraction of sp³-hybridized carbons (Fsp3) is 0.500. The Kier molecular flexibility index (Phi) is 6.51. The van der Waals surface area contributed by atoms with Crippen molar-refractivity contribution in [3.63, 3.8) is 0 Å². The molecule has 0 aliphatic rings. The molecule has 6 nitrogen and oxygen atoms in total. The molecule has 0 saturated heterocycles. The van der Waals surface area contributed by atoms with Crippen molar-refractivity contribution in [1.82, 2.24) is 19.8 Å². The van der Waals surface area contributed by atoms with Crippen LogP contribution in [-0.2, 0) is 20.1 Å². The first-order valence-electron chi connectivity index (χ1n) is 7.82. The lowest BCUT2D eigenvalue weighted by Gasteiger charge is -2.22. The standard InChI is InChI=1S/C16H25ClN6S/c1-6-18-15(19-8-13-11-24-16(20-13)21(2)3)23(5)10-14-7-12(17)9-22(14)4/h7,9,11H,6,8,10H2,1-5H3,(H,18,19). The molecular weight excluding hydrogens is 344 g/mol. The molecule has 0 saturated carbocycles. The summed E-state index contributed by atoms with van der Waals surface area (Å²) in [6.07, 6.45) is 1.91. The number of nitrogens with zero attached hydrogens (tertiary/aromatic N) is 5. The van der Waals surface area contributed by atoms with Crippen molar-refractivity contribution in [3.05, 3.63) is 34.1 Å². The Hall–Kier alpha value is -1.73. The topological polar surface area (TPSA) is 48.7 Å². The van der Waals surface area contributed by atoms with Gasteiger partial charge in [-0.15, -0.1) is 11.3 Å². The highest BCUT2D eigenvalue weighted by atomic mass is 35.5. The number of halogens is 1. The number of aryl methyl sites for hydroxylation is 1. The molecule has 0 fully saturated rings. The quantitative estimate of drug-likeness (QED) is 0.629. The van der Waals surface area contributed by atoms with E-state index in [0.29, 0.717) is 6.54 Å². The molecule has 2 aromatic heterocycles. The lowest BCUT2D eigenvalue weighted by molar-refractivity contribution is 0.461. The van der Waals surface area contributed by atoms with Crippen LogP contribution in [0.5, 0.6) is 0 Å². The minimum atomic E-state index is 0.560. The van der Waals surface area contributed by atoms with Crippen LogP contribution in [0.15, 0.2) is 22.6 Å². The zero-order valence-corrected chi connectivity index (χ0v) is 16.4. The van der Waals surface area contributed by atoms with E-state index in [9.17, 15) is 0 Å². The molecule has 0 spiro atoms. The number of aliphatic imine (C=N–C) groups is 1. The highest BCUT2D eigenvalue weighted by Crippen LogP contribution is 2.18. The van der Waals surface area contributed by atoms with E-state index in [-0.39, 0.29) is 0 Å². The normalized spacial score (nSPS) is 11.7. The van der Waals surface area contributed by atoms with Crippen molar-refractivity contribution in [2.45, 2.75) is 20.0 Å². The van der Waals surface area contributed by atoms with Gasteiger partial charge in [-0.1, -0.05) is 11.6 Å². The zero-order valence-electron chi connectivity index (χ0n) is 14.9. The molecule has 0 bridgehead atoms. The molecule has 0 atom stereocenters. The molecule has 0 radical (unpaired) electrons. The average molecular weight is 369 g/mol. The van der Waals surface area contributed by atoms with Crippen LogP contribution in [0.2, 0.25) is 5.02 Å². The third kappa shape index (κ3) is 4.88. The van der Waals surface area contributed by atoms with E-state index in [0.717, 1.165) is 40.6 Å². The number of aromatic nitrogens is 2. The van der Waals surface area contributed by atoms with E-state index in [1.54, 1.807) is 11.3 Å². The Bertz CT molecular complexity index is 691. The summed E-state index contributed by atoms with van der Waals surface area (Å²) >= 11 is 7.69. The van der Waals surface area contributed by atoms with Crippen LogP contribution >= 0.6 is 22.9 Å². The zero-order chi connectivity index (χ0) is 17.7. The number of anilines is 1. The summed E-state index contributed by atoms with van der Waals surface area (Å²) < 4.78 is 2.03. The highest BCUT2D eigenvalue weighted by molar-refractivity contribution is 7.13. The van der Waals surface area contributed by atoms with Gasteiger partial charge in [0.25, 0.3) is 0 Å². The Labute approximate surface area is 152 Å². The molecule has 0 aliphatic carbocycles. The second-order valence-electron chi connectivity index (χ2n) is 5.80. The van der Waals surface area contributed by atoms with Crippen LogP contribution in [0.1, 0.15) is 18.3 Å². The first-order valence-corrected chi connectivity index (χ1v) is 9.08. The van der Waals surface area contributed by atoms with Gasteiger partial charge in [-0.05, 0) is 13.0 Å². The molecule has 0 aliphatic heterocycles. The summed E-state index contributed by atoms with van der Waals surface area (Å²) in [6.45, 7) is 4.17. The van der Waals surface area contributed by atoms with Gasteiger partial charge >= 0.3 is 0 Å². The van der Waals surface area contributed by atoms with Gasteiger partial charge in [0.2, 0.25) is 0 Å². The lowest BCUT2D eigenvalue weighted by Crippen LogP contribution is -2.38. The molecule has 0 amide bonds. The van der Waals surface area contributed by atoms with Crippen molar-refractivity contribution >= 4 is 34.0 Å². The molecule has 0 unspecified atom stereocenters. The van der Waals surface area contributed by atoms with Crippen molar-refractivity contribution in [2.24, 2.45) is 12.0 Å². The van der Waals surface area contributed by atoms with Gasteiger partial charge in [-0.25, -0.2) is 9.98 Å². The first kappa shape index (κ1) is 18.6. The molecule has 2 aromatic rings. The lowest BCUT2D eigenvalue weighted by atomic mass is 10.4. The third-order valence-corrected chi connectivity index (χ3v) is 4.75. The summed E-state index contributed by atoms with van der Waals surface area (Å²) in [5.41, 5.74) is 2.12. The number of hydrogen-bond acceptors (Lipinski definition) is 4. The predicted octanol–water partition coefficient (Wildman–Crippen LogP) is 2.80. The van der Waals surface area contributed by atoms with E-state index in [1.165, 1.54) is 0 Å². The number of guanidine groups is 1. The summed E-state index contributed by atoms with van der Waals surface area (Å²) in [7, 11) is 8.01. The van der Waals surface area contributed by atoms with Gasteiger partial charge in [0.05, 0.1) is 23.8 Å². The van der Waals surface area contributed by atoms with Crippen LogP contribution in [-0.4, -0.2) is 48.1 Å². The smallest absolute Gasteiger partial charge is 0.194 e. The molecule has 0 aromatic carbocycles. The van der Waals surface area contributed by atoms with E-state index < -0.39 is 0 Å². The second kappa shape index (κ2) is 8.39. The Balaban J connectivity index is 2.07. The van der Waals surface area contributed by atoms with Crippen LogP contribution in [0.3, 0.4) is 0 Å². The summed E-state index contributed by atoms with van der Waals surface area (Å²) in [5, 5.41) is 7.13. The van der Waals surface area contributed by atoms with Crippen LogP contribution in [0.4, 0.5) is 5.13 Å². The Morgan fingerprint density at radius 1 is 1.42 bits per heavy atom. The number of hydrogen-bond donors (Lipinski definition) is 1. The maximum absolute atomic E-state index is 6.06. The SMILES string of the molecule is CCNC(=NCc1csc(N(C)C)n1)N(C)Cc1cc(Cl)cn1C. The maximum atomic E-state index is 6.06. The number of rotatable bonds is 6. The van der Waals surface area contributed by atoms with Gasteiger partial charge in [-0.2, -0.15) is 0 Å². The molecule has 2 heterocycles. The molecule has 8 heteroatoms. The van der Waals surface area contributed by atoms with Crippen LogP contribution in [0, 0.1) is 0 Å². The van der Waals surface area contributed by atoms with E-state index in [1.807, 2.05) is 49.9 Å². The van der Waals surface area contributed by atoms with Crippen molar-refractivity contribution in [3.8, 4) is 0 Å². The second-order valence-corrected chi connectivity index (χ2v) is 7.08. The highest BCUT2D eigenvalue weighted by Gasteiger charge is 2.10. The summed E-state index contributed by atoms with van der Waals surface area (Å²) in [4.78, 5) is 13.4. The third-order valence-electron chi connectivity index (χ3n) is 3.48. The van der Waals surface area contributed by atoms with Crippen molar-refractivity contribution in [1.29, 1.82) is 0 Å². The van der Waals surface area contributed by atoms with Crippen molar-refractivity contribution in [2.75, 3.05) is 32.6 Å². The minimum absolute atomic E-state index is 0.560. The van der Waals surface area contributed by atoms with Gasteiger partial charge in [0.15, 0.2) is 11.1 Å². The van der Waals surface area contributed by atoms with E-state index in [4.69, 9.17) is 16.6 Å². The molecule has 2 rings (SSSR count). The van der Waals surface area contributed by atoms with E-state index in [2.05, 4.69) is 27.5 Å². The minimum Gasteiger partial charge on any atom is -0.357 e.